The van der Waals surface area contributed by atoms with Crippen molar-refractivity contribution in [3.05, 3.63) is 48.2 Å². The van der Waals surface area contributed by atoms with Gasteiger partial charge in [0, 0.05) is 31.4 Å². The molecule has 2 heterocycles. The van der Waals surface area contributed by atoms with Gasteiger partial charge >= 0.3 is 0 Å². The number of carbonyl (C=O) groups is 1. The van der Waals surface area contributed by atoms with Gasteiger partial charge in [-0.3, -0.25) is 4.79 Å². The summed E-state index contributed by atoms with van der Waals surface area (Å²) in [7, 11) is 0. The van der Waals surface area contributed by atoms with Gasteiger partial charge in [0.2, 0.25) is 0 Å². The number of hydrogen-bond acceptors (Lipinski definition) is 2. The van der Waals surface area contributed by atoms with Crippen LogP contribution in [0.4, 0.5) is 0 Å². The Morgan fingerprint density at radius 3 is 2.75 bits per heavy atom. The van der Waals surface area contributed by atoms with Gasteiger partial charge in [0.15, 0.2) is 0 Å². The average Bonchev–Trinajstić information content (AvgIpc) is 2.97. The molecule has 2 N–H and O–H groups in total. The van der Waals surface area contributed by atoms with Gasteiger partial charge < -0.3 is 15.2 Å². The largest absolute Gasteiger partial charge is 0.351 e. The number of hydrogen-bond donors (Lipinski definition) is 2. The van der Waals surface area contributed by atoms with E-state index in [4.69, 9.17) is 0 Å². The van der Waals surface area contributed by atoms with E-state index in [0.717, 1.165) is 30.9 Å². The number of rotatable bonds is 2. The fraction of sp³-hybridized carbons (Fsp3) is 0.312. The second-order valence-electron chi connectivity index (χ2n) is 5.26. The number of piperazine rings is 1. The van der Waals surface area contributed by atoms with E-state index in [0.29, 0.717) is 11.7 Å². The molecular formula is C16H19N3O. The number of amides is 1. The lowest BCUT2D eigenvalue weighted by atomic mass is 10.2. The molecule has 1 unspecified atom stereocenters. The van der Waals surface area contributed by atoms with E-state index in [-0.39, 0.29) is 5.91 Å². The van der Waals surface area contributed by atoms with Gasteiger partial charge in [0.1, 0.15) is 5.69 Å². The first-order valence-electron chi connectivity index (χ1n) is 7.01. The summed E-state index contributed by atoms with van der Waals surface area (Å²) >= 11 is 0. The maximum absolute atomic E-state index is 12.5. The molecule has 4 nitrogen and oxygen atoms in total. The minimum absolute atomic E-state index is 0.0838. The summed E-state index contributed by atoms with van der Waals surface area (Å²) in [5.74, 6) is 0.0838. The molecule has 0 bridgehead atoms. The molecule has 0 saturated carbocycles. The molecule has 1 aliphatic rings. The second-order valence-corrected chi connectivity index (χ2v) is 5.26. The topological polar surface area (TPSA) is 48.1 Å². The summed E-state index contributed by atoms with van der Waals surface area (Å²) in [4.78, 5) is 17.6. The molecule has 1 aliphatic heterocycles. The molecule has 0 spiro atoms. The maximum Gasteiger partial charge on any atom is 0.270 e. The zero-order valence-corrected chi connectivity index (χ0v) is 11.6. The first-order valence-corrected chi connectivity index (χ1v) is 7.01. The Kier molecular flexibility index (Phi) is 3.56. The van der Waals surface area contributed by atoms with Crippen LogP contribution in [-0.2, 0) is 0 Å². The van der Waals surface area contributed by atoms with Crippen molar-refractivity contribution < 1.29 is 4.79 Å². The second kappa shape index (κ2) is 5.51. The molecule has 4 heteroatoms. The Balaban J connectivity index is 1.78. The SMILES string of the molecule is CC1CN(C(=O)c2ccc(-c3ccccc3)[nH]2)CCN1. The fourth-order valence-electron chi connectivity index (χ4n) is 2.59. The molecule has 1 atom stereocenters. The zero-order chi connectivity index (χ0) is 13.9. The quantitative estimate of drug-likeness (QED) is 0.877. The molecule has 1 fully saturated rings. The van der Waals surface area contributed by atoms with Crippen LogP contribution >= 0.6 is 0 Å². The fourth-order valence-corrected chi connectivity index (χ4v) is 2.59. The van der Waals surface area contributed by atoms with Gasteiger partial charge in [-0.15, -0.1) is 0 Å². The van der Waals surface area contributed by atoms with Crippen LogP contribution in [0.2, 0.25) is 0 Å². The first kappa shape index (κ1) is 12.9. The predicted octanol–water partition coefficient (Wildman–Crippen LogP) is 2.12. The molecule has 1 aromatic heterocycles. The molecule has 20 heavy (non-hydrogen) atoms. The highest BCUT2D eigenvalue weighted by molar-refractivity contribution is 5.93. The molecule has 0 aliphatic carbocycles. The van der Waals surface area contributed by atoms with Gasteiger partial charge in [0.05, 0.1) is 0 Å². The van der Waals surface area contributed by atoms with Crippen LogP contribution in [-0.4, -0.2) is 41.5 Å². The summed E-state index contributed by atoms with van der Waals surface area (Å²) in [5, 5.41) is 3.35. The third-order valence-electron chi connectivity index (χ3n) is 3.66. The van der Waals surface area contributed by atoms with Crippen molar-refractivity contribution in [3.8, 4) is 11.3 Å². The molecule has 2 aromatic rings. The Morgan fingerprint density at radius 1 is 1.20 bits per heavy atom. The number of nitrogens with one attached hydrogen (secondary N) is 2. The molecule has 1 amide bonds. The Morgan fingerprint density at radius 2 is 2.00 bits per heavy atom. The summed E-state index contributed by atoms with van der Waals surface area (Å²) < 4.78 is 0. The van der Waals surface area contributed by atoms with E-state index in [1.54, 1.807) is 0 Å². The molecule has 0 radical (unpaired) electrons. The van der Waals surface area contributed by atoms with E-state index >= 15 is 0 Å². The summed E-state index contributed by atoms with van der Waals surface area (Å²) in [6.45, 7) is 4.49. The van der Waals surface area contributed by atoms with Gasteiger partial charge in [-0.05, 0) is 24.6 Å². The van der Waals surface area contributed by atoms with Crippen molar-refractivity contribution in [1.29, 1.82) is 0 Å². The van der Waals surface area contributed by atoms with Gasteiger partial charge in [-0.1, -0.05) is 30.3 Å². The Bertz CT molecular complexity index is 591. The number of H-pyrrole nitrogens is 1. The van der Waals surface area contributed by atoms with Crippen molar-refractivity contribution in [2.24, 2.45) is 0 Å². The standard InChI is InChI=1S/C16H19N3O/c1-12-11-19(10-9-17-12)16(20)15-8-7-14(18-15)13-5-3-2-4-6-13/h2-8,12,17-18H,9-11H2,1H3. The van der Waals surface area contributed by atoms with Crippen molar-refractivity contribution >= 4 is 5.91 Å². The maximum atomic E-state index is 12.5. The normalized spacial score (nSPS) is 19.1. The summed E-state index contributed by atoms with van der Waals surface area (Å²) in [5.41, 5.74) is 2.75. The number of nitrogens with zero attached hydrogens (tertiary/aromatic N) is 1. The lowest BCUT2D eigenvalue weighted by Gasteiger charge is -2.31. The van der Waals surface area contributed by atoms with E-state index in [2.05, 4.69) is 17.2 Å². The van der Waals surface area contributed by atoms with Crippen LogP contribution in [0, 0.1) is 0 Å². The highest BCUT2D eigenvalue weighted by atomic mass is 16.2. The van der Waals surface area contributed by atoms with E-state index < -0.39 is 0 Å². The average molecular weight is 269 g/mol. The smallest absolute Gasteiger partial charge is 0.270 e. The minimum atomic E-state index is 0.0838. The van der Waals surface area contributed by atoms with Crippen LogP contribution in [0.3, 0.4) is 0 Å². The molecule has 104 valence electrons. The van der Waals surface area contributed by atoms with Crippen LogP contribution in [0.15, 0.2) is 42.5 Å². The van der Waals surface area contributed by atoms with Crippen LogP contribution < -0.4 is 5.32 Å². The van der Waals surface area contributed by atoms with Crippen molar-refractivity contribution in [2.75, 3.05) is 19.6 Å². The predicted molar refractivity (Wildman–Crippen MR) is 79.6 cm³/mol. The van der Waals surface area contributed by atoms with Crippen LogP contribution in [0.5, 0.6) is 0 Å². The molecule has 1 aromatic carbocycles. The van der Waals surface area contributed by atoms with Gasteiger partial charge in [0.25, 0.3) is 5.91 Å². The van der Waals surface area contributed by atoms with E-state index in [9.17, 15) is 4.79 Å². The van der Waals surface area contributed by atoms with Gasteiger partial charge in [-0.25, -0.2) is 0 Å². The summed E-state index contributed by atoms with van der Waals surface area (Å²) in [6, 6.07) is 14.2. The number of benzene rings is 1. The third-order valence-corrected chi connectivity index (χ3v) is 3.66. The first-order chi connectivity index (χ1) is 9.74. The third kappa shape index (κ3) is 2.60. The summed E-state index contributed by atoms with van der Waals surface area (Å²) in [6.07, 6.45) is 0. The zero-order valence-electron chi connectivity index (χ0n) is 11.6. The number of carbonyl (C=O) groups excluding carboxylic acids is 1. The highest BCUT2D eigenvalue weighted by Crippen LogP contribution is 2.19. The Labute approximate surface area is 118 Å². The minimum Gasteiger partial charge on any atom is -0.351 e. The Hall–Kier alpha value is -2.07. The lowest BCUT2D eigenvalue weighted by molar-refractivity contribution is 0.0704. The van der Waals surface area contributed by atoms with Crippen molar-refractivity contribution in [1.82, 2.24) is 15.2 Å². The number of aromatic nitrogens is 1. The molecule has 1 saturated heterocycles. The van der Waals surface area contributed by atoms with E-state index in [1.165, 1.54) is 0 Å². The molecule has 3 rings (SSSR count). The van der Waals surface area contributed by atoms with Crippen molar-refractivity contribution in [2.45, 2.75) is 13.0 Å². The molecular weight excluding hydrogens is 250 g/mol. The highest BCUT2D eigenvalue weighted by Gasteiger charge is 2.22. The van der Waals surface area contributed by atoms with Crippen molar-refractivity contribution in [3.63, 3.8) is 0 Å². The number of aromatic amines is 1. The lowest BCUT2D eigenvalue weighted by Crippen LogP contribution is -2.51. The van der Waals surface area contributed by atoms with E-state index in [1.807, 2.05) is 47.4 Å². The van der Waals surface area contributed by atoms with Gasteiger partial charge in [-0.2, -0.15) is 0 Å². The van der Waals surface area contributed by atoms with Crippen LogP contribution in [0.1, 0.15) is 17.4 Å². The monoisotopic (exact) mass is 269 g/mol. The van der Waals surface area contributed by atoms with Crippen LogP contribution in [0.25, 0.3) is 11.3 Å².